The molecule has 1 atom stereocenters. The summed E-state index contributed by atoms with van der Waals surface area (Å²) >= 11 is 0. The number of sulfone groups is 1. The summed E-state index contributed by atoms with van der Waals surface area (Å²) in [7, 11) is -3.10. The lowest BCUT2D eigenvalue weighted by Crippen LogP contribution is -2.44. The van der Waals surface area contributed by atoms with E-state index in [1.54, 1.807) is 17.0 Å². The fourth-order valence-corrected chi connectivity index (χ4v) is 5.23. The maximum absolute atomic E-state index is 12.7. The zero-order valence-electron chi connectivity index (χ0n) is 16.8. The van der Waals surface area contributed by atoms with Gasteiger partial charge in [0.2, 0.25) is 0 Å². The molecule has 0 N–H and O–H groups in total. The molecule has 1 amide bonds. The molecule has 1 aromatic carbocycles. The molecule has 160 valence electrons. The summed E-state index contributed by atoms with van der Waals surface area (Å²) in [4.78, 5) is 26.7. The van der Waals surface area contributed by atoms with E-state index in [4.69, 9.17) is 14.2 Å². The summed E-state index contributed by atoms with van der Waals surface area (Å²) in [6.07, 6.45) is 2.15. The van der Waals surface area contributed by atoms with E-state index in [0.717, 1.165) is 12.8 Å². The number of amides is 1. The van der Waals surface area contributed by atoms with Crippen molar-refractivity contribution < 1.29 is 32.2 Å². The van der Waals surface area contributed by atoms with E-state index in [2.05, 4.69) is 0 Å². The number of rotatable bonds is 9. The third-order valence-corrected chi connectivity index (χ3v) is 6.69. The number of carbonyl (C=O) groups is 2. The highest BCUT2D eigenvalue weighted by Gasteiger charge is 2.42. The molecule has 1 saturated heterocycles. The van der Waals surface area contributed by atoms with E-state index in [0.29, 0.717) is 31.1 Å². The molecular formula is C20H27NO7S. The molecule has 1 saturated carbocycles. The Morgan fingerprint density at radius 2 is 1.72 bits per heavy atom. The van der Waals surface area contributed by atoms with Gasteiger partial charge >= 0.3 is 5.97 Å². The Morgan fingerprint density at radius 1 is 1.03 bits per heavy atom. The van der Waals surface area contributed by atoms with E-state index in [-0.39, 0.29) is 35.1 Å². The Balaban J connectivity index is 1.63. The number of nitrogens with zero attached hydrogens (tertiary/aromatic N) is 1. The van der Waals surface area contributed by atoms with Gasteiger partial charge in [0.25, 0.3) is 5.91 Å². The first-order chi connectivity index (χ1) is 13.8. The molecule has 1 heterocycles. The summed E-state index contributed by atoms with van der Waals surface area (Å²) in [5, 5.41) is 0. The molecule has 0 radical (unpaired) electrons. The number of carbonyl (C=O) groups excluding carboxylic acids is 2. The number of hydrogen-bond donors (Lipinski definition) is 0. The highest BCUT2D eigenvalue weighted by Crippen LogP contribution is 2.32. The molecule has 0 unspecified atom stereocenters. The SMILES string of the molecule is CCOc1ccc(C(=O)OCC(=O)N(C2CC2)[C@H]2CCS(=O)(=O)C2)cc1OCC. The molecule has 9 heteroatoms. The highest BCUT2D eigenvalue weighted by molar-refractivity contribution is 7.91. The fourth-order valence-electron chi connectivity index (χ4n) is 3.52. The van der Waals surface area contributed by atoms with Gasteiger partial charge in [-0.2, -0.15) is 0 Å². The van der Waals surface area contributed by atoms with Crippen LogP contribution in [0.15, 0.2) is 18.2 Å². The topological polar surface area (TPSA) is 99.2 Å². The van der Waals surface area contributed by atoms with Gasteiger partial charge in [0.05, 0.1) is 30.3 Å². The van der Waals surface area contributed by atoms with Crippen molar-refractivity contribution in [3.8, 4) is 11.5 Å². The fraction of sp³-hybridized carbons (Fsp3) is 0.600. The van der Waals surface area contributed by atoms with E-state index in [1.165, 1.54) is 6.07 Å². The summed E-state index contributed by atoms with van der Waals surface area (Å²) in [6.45, 7) is 4.15. The molecule has 1 aliphatic carbocycles. The Hall–Kier alpha value is -2.29. The van der Waals surface area contributed by atoms with Crippen molar-refractivity contribution in [3.63, 3.8) is 0 Å². The van der Waals surface area contributed by atoms with Gasteiger partial charge in [0.1, 0.15) is 0 Å². The van der Waals surface area contributed by atoms with Crippen LogP contribution in [0, 0.1) is 0 Å². The normalized spacial score (nSPS) is 20.1. The van der Waals surface area contributed by atoms with Crippen molar-refractivity contribution in [2.45, 2.75) is 45.2 Å². The van der Waals surface area contributed by atoms with Gasteiger partial charge in [0.15, 0.2) is 27.9 Å². The van der Waals surface area contributed by atoms with Crippen molar-refractivity contribution in [1.29, 1.82) is 0 Å². The van der Waals surface area contributed by atoms with Crippen molar-refractivity contribution in [2.75, 3.05) is 31.3 Å². The third kappa shape index (κ3) is 5.41. The van der Waals surface area contributed by atoms with Crippen LogP contribution >= 0.6 is 0 Å². The predicted octanol–water partition coefficient (Wildman–Crippen LogP) is 1.82. The number of hydrogen-bond acceptors (Lipinski definition) is 7. The second-order valence-electron chi connectivity index (χ2n) is 7.19. The molecule has 8 nitrogen and oxygen atoms in total. The number of benzene rings is 1. The quantitative estimate of drug-likeness (QED) is 0.557. The lowest BCUT2D eigenvalue weighted by Gasteiger charge is -2.28. The van der Waals surface area contributed by atoms with Crippen LogP contribution in [-0.2, 0) is 19.4 Å². The lowest BCUT2D eigenvalue weighted by atomic mass is 10.2. The van der Waals surface area contributed by atoms with Crippen LogP contribution in [0.3, 0.4) is 0 Å². The minimum absolute atomic E-state index is 0.0141. The van der Waals surface area contributed by atoms with Crippen LogP contribution in [0.2, 0.25) is 0 Å². The first-order valence-electron chi connectivity index (χ1n) is 9.93. The standard InChI is InChI=1S/C20H27NO7S/c1-3-26-17-8-5-14(11-18(17)27-4-2)20(23)28-12-19(22)21(15-6-7-15)16-9-10-29(24,25)13-16/h5,8,11,15-16H,3-4,6-7,9-10,12-13H2,1-2H3/t16-/m0/s1. The van der Waals surface area contributed by atoms with E-state index in [1.807, 2.05) is 13.8 Å². The van der Waals surface area contributed by atoms with Gasteiger partial charge in [0, 0.05) is 12.1 Å². The monoisotopic (exact) mass is 425 g/mol. The first-order valence-corrected chi connectivity index (χ1v) is 11.7. The van der Waals surface area contributed by atoms with Gasteiger partial charge in [-0.25, -0.2) is 13.2 Å². The molecule has 1 aromatic rings. The largest absolute Gasteiger partial charge is 0.490 e. The summed E-state index contributed by atoms with van der Waals surface area (Å²) in [5.74, 6) is 0.0615. The highest BCUT2D eigenvalue weighted by atomic mass is 32.2. The smallest absolute Gasteiger partial charge is 0.338 e. The van der Waals surface area contributed by atoms with E-state index < -0.39 is 22.4 Å². The molecule has 2 aliphatic rings. The van der Waals surface area contributed by atoms with Crippen LogP contribution < -0.4 is 9.47 Å². The van der Waals surface area contributed by atoms with Crippen LogP contribution in [-0.4, -0.2) is 68.6 Å². The average molecular weight is 426 g/mol. The third-order valence-electron chi connectivity index (χ3n) is 4.94. The summed E-state index contributed by atoms with van der Waals surface area (Å²) in [6, 6.07) is 4.45. The van der Waals surface area contributed by atoms with Crippen molar-refractivity contribution in [2.24, 2.45) is 0 Å². The average Bonchev–Trinajstić information content (AvgIpc) is 3.44. The molecular weight excluding hydrogens is 398 g/mol. The Morgan fingerprint density at radius 3 is 2.31 bits per heavy atom. The molecule has 0 bridgehead atoms. The van der Waals surface area contributed by atoms with Gasteiger partial charge in [-0.3, -0.25) is 4.79 Å². The first kappa shape index (κ1) is 21.4. The second kappa shape index (κ2) is 9.02. The van der Waals surface area contributed by atoms with Crippen molar-refractivity contribution in [1.82, 2.24) is 4.90 Å². The van der Waals surface area contributed by atoms with Crippen LogP contribution in [0.25, 0.3) is 0 Å². The zero-order chi connectivity index (χ0) is 21.0. The van der Waals surface area contributed by atoms with Crippen LogP contribution in [0.1, 0.15) is 43.5 Å². The van der Waals surface area contributed by atoms with Crippen LogP contribution in [0.4, 0.5) is 0 Å². The Labute approximate surface area is 171 Å². The molecule has 29 heavy (non-hydrogen) atoms. The van der Waals surface area contributed by atoms with Gasteiger partial charge in [-0.05, 0) is 51.3 Å². The molecule has 2 fully saturated rings. The van der Waals surface area contributed by atoms with Gasteiger partial charge in [-0.15, -0.1) is 0 Å². The predicted molar refractivity (Wildman–Crippen MR) is 106 cm³/mol. The second-order valence-corrected chi connectivity index (χ2v) is 9.42. The lowest BCUT2D eigenvalue weighted by molar-refractivity contribution is -0.137. The summed E-state index contributed by atoms with van der Waals surface area (Å²) in [5.41, 5.74) is 0.256. The van der Waals surface area contributed by atoms with Crippen molar-refractivity contribution in [3.05, 3.63) is 23.8 Å². The molecule has 0 aromatic heterocycles. The van der Waals surface area contributed by atoms with E-state index >= 15 is 0 Å². The Kier molecular flexibility index (Phi) is 6.66. The Bertz CT molecular complexity index is 864. The van der Waals surface area contributed by atoms with Crippen LogP contribution in [0.5, 0.6) is 11.5 Å². The molecule has 0 spiro atoms. The van der Waals surface area contributed by atoms with Crippen molar-refractivity contribution >= 4 is 21.7 Å². The maximum Gasteiger partial charge on any atom is 0.338 e. The minimum Gasteiger partial charge on any atom is -0.490 e. The van der Waals surface area contributed by atoms with Gasteiger partial charge < -0.3 is 19.1 Å². The van der Waals surface area contributed by atoms with E-state index in [9.17, 15) is 18.0 Å². The molecule has 1 aliphatic heterocycles. The van der Waals surface area contributed by atoms with Gasteiger partial charge in [-0.1, -0.05) is 0 Å². The molecule has 3 rings (SSSR count). The maximum atomic E-state index is 12.7. The zero-order valence-corrected chi connectivity index (χ0v) is 17.6. The number of esters is 1. The summed E-state index contributed by atoms with van der Waals surface area (Å²) < 4.78 is 39.7. The minimum atomic E-state index is -3.10. The number of ether oxygens (including phenoxy) is 3.